The fourth-order valence-electron chi connectivity index (χ4n) is 2.50. The zero-order chi connectivity index (χ0) is 12.3. The van der Waals surface area contributed by atoms with Gasteiger partial charge < -0.3 is 10.5 Å². The largest absolute Gasteiger partial charge is 0.381 e. The van der Waals surface area contributed by atoms with Crippen molar-refractivity contribution in [2.45, 2.75) is 38.5 Å². The van der Waals surface area contributed by atoms with Crippen LogP contribution in [0.25, 0.3) is 0 Å². The highest BCUT2D eigenvalue weighted by Crippen LogP contribution is 2.24. The molecule has 2 N–H and O–H groups in total. The topological polar surface area (TPSA) is 38.5 Å². The average molecular weight is 254 g/mol. The van der Waals surface area contributed by atoms with Gasteiger partial charge >= 0.3 is 0 Å². The van der Waals surface area contributed by atoms with Crippen LogP contribution in [0, 0.1) is 6.92 Å². The van der Waals surface area contributed by atoms with E-state index in [-0.39, 0.29) is 0 Å². The molecule has 1 aromatic heterocycles. The monoisotopic (exact) mass is 254 g/mol. The SMILES string of the molecule is COC1CCN(Cc2ccc(C)s2)C(CN)C1. The van der Waals surface area contributed by atoms with Gasteiger partial charge in [-0.3, -0.25) is 4.90 Å². The lowest BCUT2D eigenvalue weighted by molar-refractivity contribution is 0.0106. The number of likely N-dealkylation sites (tertiary alicyclic amines) is 1. The second-order valence-electron chi connectivity index (χ2n) is 4.75. The Morgan fingerprint density at radius 2 is 2.35 bits per heavy atom. The van der Waals surface area contributed by atoms with E-state index in [2.05, 4.69) is 24.0 Å². The Bertz CT molecular complexity index is 353. The molecule has 96 valence electrons. The summed E-state index contributed by atoms with van der Waals surface area (Å²) in [6.07, 6.45) is 2.58. The fraction of sp³-hybridized carbons (Fsp3) is 0.692. The van der Waals surface area contributed by atoms with Crippen LogP contribution in [0.1, 0.15) is 22.6 Å². The molecule has 4 heteroatoms. The van der Waals surface area contributed by atoms with Gasteiger partial charge in [0, 0.05) is 42.5 Å². The van der Waals surface area contributed by atoms with E-state index in [4.69, 9.17) is 10.5 Å². The Hall–Kier alpha value is -0.420. The lowest BCUT2D eigenvalue weighted by Crippen LogP contribution is -2.47. The fourth-order valence-corrected chi connectivity index (χ4v) is 3.42. The first-order chi connectivity index (χ1) is 8.22. The van der Waals surface area contributed by atoms with Crippen LogP contribution in [0.15, 0.2) is 12.1 Å². The summed E-state index contributed by atoms with van der Waals surface area (Å²) in [6.45, 7) is 5.02. The molecule has 17 heavy (non-hydrogen) atoms. The van der Waals surface area contributed by atoms with Gasteiger partial charge in [-0.2, -0.15) is 0 Å². The summed E-state index contributed by atoms with van der Waals surface area (Å²) in [6, 6.07) is 4.89. The van der Waals surface area contributed by atoms with Crippen LogP contribution < -0.4 is 5.73 Å². The highest BCUT2D eigenvalue weighted by molar-refractivity contribution is 7.11. The molecule has 1 fully saturated rings. The summed E-state index contributed by atoms with van der Waals surface area (Å²) < 4.78 is 5.45. The third kappa shape index (κ3) is 3.28. The zero-order valence-electron chi connectivity index (χ0n) is 10.7. The molecule has 2 unspecified atom stereocenters. The number of methoxy groups -OCH3 is 1. The van der Waals surface area contributed by atoms with Gasteiger partial charge in [0.25, 0.3) is 0 Å². The molecule has 0 bridgehead atoms. The maximum atomic E-state index is 5.88. The van der Waals surface area contributed by atoms with Crippen molar-refractivity contribution in [3.63, 3.8) is 0 Å². The van der Waals surface area contributed by atoms with Crippen molar-refractivity contribution in [2.75, 3.05) is 20.2 Å². The van der Waals surface area contributed by atoms with Crippen molar-refractivity contribution < 1.29 is 4.74 Å². The molecule has 0 saturated carbocycles. The predicted octanol–water partition coefficient (Wildman–Crippen LogP) is 1.99. The van der Waals surface area contributed by atoms with Gasteiger partial charge in [0.05, 0.1) is 6.10 Å². The Kier molecular flexibility index (Phi) is 4.56. The highest BCUT2D eigenvalue weighted by Gasteiger charge is 2.27. The minimum Gasteiger partial charge on any atom is -0.381 e. The Balaban J connectivity index is 1.95. The molecule has 1 aromatic rings. The molecule has 0 aromatic carbocycles. The summed E-state index contributed by atoms with van der Waals surface area (Å²) in [5.74, 6) is 0. The van der Waals surface area contributed by atoms with Crippen LogP contribution in [0.5, 0.6) is 0 Å². The molecule has 0 aliphatic carbocycles. The minimum atomic E-state index is 0.393. The third-order valence-electron chi connectivity index (χ3n) is 3.55. The van der Waals surface area contributed by atoms with Crippen molar-refractivity contribution in [1.82, 2.24) is 4.90 Å². The van der Waals surface area contributed by atoms with E-state index in [1.165, 1.54) is 9.75 Å². The number of rotatable bonds is 4. The predicted molar refractivity (Wildman–Crippen MR) is 72.3 cm³/mol. The molecule has 0 spiro atoms. The number of nitrogens with zero attached hydrogens (tertiary/aromatic N) is 1. The average Bonchev–Trinajstić information content (AvgIpc) is 2.75. The second kappa shape index (κ2) is 5.96. The Morgan fingerprint density at radius 1 is 1.53 bits per heavy atom. The molecule has 1 aliphatic heterocycles. The summed E-state index contributed by atoms with van der Waals surface area (Å²) in [5, 5.41) is 0. The van der Waals surface area contributed by atoms with E-state index in [0.717, 1.165) is 32.5 Å². The molecule has 0 amide bonds. The van der Waals surface area contributed by atoms with Crippen LogP contribution in [0.2, 0.25) is 0 Å². The van der Waals surface area contributed by atoms with Gasteiger partial charge in [-0.15, -0.1) is 11.3 Å². The maximum absolute atomic E-state index is 5.88. The minimum absolute atomic E-state index is 0.393. The number of hydrogen-bond donors (Lipinski definition) is 1. The Morgan fingerprint density at radius 3 is 2.94 bits per heavy atom. The third-order valence-corrected chi connectivity index (χ3v) is 4.54. The highest BCUT2D eigenvalue weighted by atomic mass is 32.1. The van der Waals surface area contributed by atoms with Crippen LogP contribution >= 0.6 is 11.3 Å². The first-order valence-corrected chi connectivity index (χ1v) is 7.06. The van der Waals surface area contributed by atoms with E-state index in [1.54, 1.807) is 7.11 Å². The normalized spacial score (nSPS) is 26.3. The molecular formula is C13H22N2OS. The number of piperidine rings is 1. The summed E-state index contributed by atoms with van der Waals surface area (Å²) >= 11 is 1.89. The maximum Gasteiger partial charge on any atom is 0.0599 e. The van der Waals surface area contributed by atoms with Crippen LogP contribution in [-0.4, -0.2) is 37.2 Å². The first kappa shape index (κ1) is 13.0. The van der Waals surface area contributed by atoms with Gasteiger partial charge in [-0.25, -0.2) is 0 Å². The van der Waals surface area contributed by atoms with Crippen LogP contribution in [0.3, 0.4) is 0 Å². The van der Waals surface area contributed by atoms with E-state index in [9.17, 15) is 0 Å². The van der Waals surface area contributed by atoms with E-state index in [0.29, 0.717) is 12.1 Å². The van der Waals surface area contributed by atoms with Gasteiger partial charge in [-0.1, -0.05) is 0 Å². The van der Waals surface area contributed by atoms with E-state index in [1.807, 2.05) is 11.3 Å². The zero-order valence-corrected chi connectivity index (χ0v) is 11.5. The lowest BCUT2D eigenvalue weighted by atomic mass is 9.99. The number of nitrogens with two attached hydrogens (primary N) is 1. The van der Waals surface area contributed by atoms with Crippen LogP contribution in [-0.2, 0) is 11.3 Å². The van der Waals surface area contributed by atoms with Gasteiger partial charge in [0.15, 0.2) is 0 Å². The molecule has 2 rings (SSSR count). The van der Waals surface area contributed by atoms with Crippen LogP contribution in [0.4, 0.5) is 0 Å². The molecule has 1 aliphatic rings. The molecule has 0 radical (unpaired) electrons. The van der Waals surface area contributed by atoms with Crippen molar-refractivity contribution >= 4 is 11.3 Å². The summed E-state index contributed by atoms with van der Waals surface area (Å²) in [4.78, 5) is 5.33. The quantitative estimate of drug-likeness (QED) is 0.893. The number of ether oxygens (including phenoxy) is 1. The van der Waals surface area contributed by atoms with E-state index < -0.39 is 0 Å². The van der Waals surface area contributed by atoms with Gasteiger partial charge in [0.2, 0.25) is 0 Å². The second-order valence-corrected chi connectivity index (χ2v) is 6.13. The van der Waals surface area contributed by atoms with Gasteiger partial charge in [-0.05, 0) is 31.9 Å². The summed E-state index contributed by atoms with van der Waals surface area (Å²) in [5.41, 5.74) is 5.88. The number of aryl methyl sites for hydroxylation is 1. The molecule has 1 saturated heterocycles. The smallest absolute Gasteiger partial charge is 0.0599 e. The van der Waals surface area contributed by atoms with E-state index >= 15 is 0 Å². The lowest BCUT2D eigenvalue weighted by Gasteiger charge is -2.38. The number of hydrogen-bond acceptors (Lipinski definition) is 4. The first-order valence-electron chi connectivity index (χ1n) is 6.25. The number of thiophene rings is 1. The van der Waals surface area contributed by atoms with Crippen molar-refractivity contribution in [3.8, 4) is 0 Å². The molecule has 2 atom stereocenters. The Labute approximate surface area is 108 Å². The molecule has 3 nitrogen and oxygen atoms in total. The van der Waals surface area contributed by atoms with Crippen molar-refractivity contribution in [3.05, 3.63) is 21.9 Å². The molecule has 2 heterocycles. The standard InChI is InChI=1S/C13H22N2OS/c1-10-3-4-13(17-10)9-15-6-5-12(16-2)7-11(15)8-14/h3-4,11-12H,5-9,14H2,1-2H3. The van der Waals surface area contributed by atoms with Gasteiger partial charge in [0.1, 0.15) is 0 Å². The van der Waals surface area contributed by atoms with Crippen molar-refractivity contribution in [2.24, 2.45) is 5.73 Å². The molecular weight excluding hydrogens is 232 g/mol. The summed E-state index contributed by atoms with van der Waals surface area (Å²) in [7, 11) is 1.80. The van der Waals surface area contributed by atoms with Crippen molar-refractivity contribution in [1.29, 1.82) is 0 Å².